The highest BCUT2D eigenvalue weighted by Crippen LogP contribution is 2.34. The zero-order valence-electron chi connectivity index (χ0n) is 8.87. The highest BCUT2D eigenvalue weighted by molar-refractivity contribution is 6.37. The third-order valence-corrected chi connectivity index (χ3v) is 2.68. The number of halogens is 3. The molecule has 0 aromatic heterocycles. The third kappa shape index (κ3) is 3.56. The van der Waals surface area contributed by atoms with E-state index in [4.69, 9.17) is 33.7 Å². The highest BCUT2D eigenvalue weighted by atomic mass is 35.5. The summed E-state index contributed by atoms with van der Waals surface area (Å²) in [6.07, 6.45) is 0. The van der Waals surface area contributed by atoms with Crippen LogP contribution in [0.15, 0.2) is 17.1 Å². The molecule has 0 saturated carbocycles. The number of ether oxygens (including phenoxy) is 1. The number of anilines is 1. The second-order valence-electron chi connectivity index (χ2n) is 3.36. The maximum Gasteiger partial charge on any atom is 0.157 e. The normalized spacial score (nSPS) is 13.6. The zero-order chi connectivity index (χ0) is 11.5. The lowest BCUT2D eigenvalue weighted by atomic mass is 10.3. The molecule has 0 aliphatic carbocycles. The maximum absolute atomic E-state index is 5.97. The van der Waals surface area contributed by atoms with Gasteiger partial charge in [-0.05, 0) is 12.1 Å². The molecule has 0 fully saturated rings. The molecule has 1 aliphatic heterocycles. The fourth-order valence-corrected chi connectivity index (χ4v) is 2.01. The van der Waals surface area contributed by atoms with Crippen molar-refractivity contribution < 1.29 is 4.74 Å². The van der Waals surface area contributed by atoms with Crippen molar-refractivity contribution >= 4 is 47.1 Å². The summed E-state index contributed by atoms with van der Waals surface area (Å²) in [4.78, 5) is 4.20. The van der Waals surface area contributed by atoms with Crippen LogP contribution in [0.4, 0.5) is 5.69 Å². The molecule has 0 atom stereocenters. The number of benzene rings is 1. The third-order valence-electron chi connectivity index (χ3n) is 2.12. The van der Waals surface area contributed by atoms with Crippen molar-refractivity contribution in [2.45, 2.75) is 0 Å². The molecular weight excluding hydrogens is 284 g/mol. The predicted octanol–water partition coefficient (Wildman–Crippen LogP) is 2.38. The van der Waals surface area contributed by atoms with Crippen molar-refractivity contribution in [1.82, 2.24) is 5.32 Å². The van der Waals surface area contributed by atoms with Crippen molar-refractivity contribution in [3.05, 3.63) is 22.2 Å². The largest absolute Gasteiger partial charge is 0.483 e. The van der Waals surface area contributed by atoms with E-state index in [0.717, 1.165) is 18.9 Å². The molecule has 0 spiro atoms. The van der Waals surface area contributed by atoms with E-state index in [0.29, 0.717) is 28.1 Å². The summed E-state index contributed by atoms with van der Waals surface area (Å²) in [5, 5.41) is 3.90. The Kier molecular flexibility index (Phi) is 5.18. The van der Waals surface area contributed by atoms with Gasteiger partial charge in [0, 0.05) is 12.2 Å². The Labute approximate surface area is 116 Å². The van der Waals surface area contributed by atoms with Gasteiger partial charge in [-0.25, -0.2) is 0 Å². The van der Waals surface area contributed by atoms with Crippen LogP contribution < -0.4 is 15.8 Å². The number of nitrogens with zero attached hydrogens (tertiary/aromatic N) is 1. The number of amidine groups is 1. The highest BCUT2D eigenvalue weighted by Gasteiger charge is 2.11. The number of aliphatic imine (C=N–C) groups is 1. The Bertz CT molecular complexity index is 414. The Morgan fingerprint density at radius 2 is 2.00 bits per heavy atom. The first-order valence-corrected chi connectivity index (χ1v) is 5.57. The molecule has 1 aromatic rings. The fourth-order valence-electron chi connectivity index (χ4n) is 1.40. The summed E-state index contributed by atoms with van der Waals surface area (Å²) < 4.78 is 5.49. The van der Waals surface area contributed by atoms with Crippen molar-refractivity contribution in [1.29, 1.82) is 0 Å². The molecule has 3 N–H and O–H groups in total. The second kappa shape index (κ2) is 6.19. The SMILES string of the molecule is Cl.Nc1cc(Cl)c(OCC2=NCCN2)c(Cl)c1. The Morgan fingerprint density at radius 3 is 2.53 bits per heavy atom. The topological polar surface area (TPSA) is 59.6 Å². The lowest BCUT2D eigenvalue weighted by molar-refractivity contribution is 0.374. The average Bonchev–Trinajstić information content (AvgIpc) is 2.68. The number of rotatable bonds is 3. The number of nitrogens with one attached hydrogen (secondary N) is 1. The molecule has 94 valence electrons. The van der Waals surface area contributed by atoms with Crippen molar-refractivity contribution in [3.63, 3.8) is 0 Å². The van der Waals surface area contributed by atoms with Gasteiger partial charge in [0.2, 0.25) is 0 Å². The summed E-state index contributed by atoms with van der Waals surface area (Å²) in [5.41, 5.74) is 6.10. The fraction of sp³-hybridized carbons (Fsp3) is 0.300. The Morgan fingerprint density at radius 1 is 1.35 bits per heavy atom. The first kappa shape index (κ1) is 14.2. The van der Waals surface area contributed by atoms with E-state index in [9.17, 15) is 0 Å². The summed E-state index contributed by atoms with van der Waals surface area (Å²) in [6, 6.07) is 3.21. The summed E-state index contributed by atoms with van der Waals surface area (Å²) >= 11 is 11.9. The van der Waals surface area contributed by atoms with Gasteiger partial charge in [0.05, 0.1) is 16.6 Å². The van der Waals surface area contributed by atoms with Gasteiger partial charge in [-0.15, -0.1) is 12.4 Å². The molecule has 2 rings (SSSR count). The van der Waals surface area contributed by atoms with Gasteiger partial charge in [0.25, 0.3) is 0 Å². The number of nitrogens with two attached hydrogens (primary N) is 1. The Hall–Kier alpha value is -0.840. The lowest BCUT2D eigenvalue weighted by Crippen LogP contribution is -2.25. The van der Waals surface area contributed by atoms with Crippen LogP contribution in [-0.2, 0) is 0 Å². The minimum atomic E-state index is 0. The minimum Gasteiger partial charge on any atom is -0.483 e. The number of hydrogen-bond acceptors (Lipinski definition) is 4. The van der Waals surface area contributed by atoms with Crippen LogP contribution >= 0.6 is 35.6 Å². The minimum absolute atomic E-state index is 0. The monoisotopic (exact) mass is 295 g/mol. The predicted molar refractivity (Wildman–Crippen MR) is 73.9 cm³/mol. The van der Waals surface area contributed by atoms with Gasteiger partial charge in [-0.2, -0.15) is 0 Å². The van der Waals surface area contributed by atoms with Gasteiger partial charge < -0.3 is 15.8 Å². The van der Waals surface area contributed by atoms with Crippen LogP contribution in [-0.4, -0.2) is 25.5 Å². The van der Waals surface area contributed by atoms with Crippen LogP contribution in [0, 0.1) is 0 Å². The maximum atomic E-state index is 5.97. The summed E-state index contributed by atoms with van der Waals surface area (Å²) in [6.45, 7) is 1.97. The molecule has 7 heteroatoms. The molecule has 0 amide bonds. The van der Waals surface area contributed by atoms with E-state index in [1.54, 1.807) is 12.1 Å². The van der Waals surface area contributed by atoms with E-state index in [1.807, 2.05) is 0 Å². The van der Waals surface area contributed by atoms with E-state index in [-0.39, 0.29) is 12.4 Å². The van der Waals surface area contributed by atoms with Gasteiger partial charge >= 0.3 is 0 Å². The van der Waals surface area contributed by atoms with Gasteiger partial charge in [0.15, 0.2) is 5.75 Å². The summed E-state index contributed by atoms with van der Waals surface area (Å²) in [5.74, 6) is 1.25. The Balaban J connectivity index is 0.00000144. The second-order valence-corrected chi connectivity index (χ2v) is 4.17. The smallest absolute Gasteiger partial charge is 0.157 e. The summed E-state index contributed by atoms with van der Waals surface area (Å²) in [7, 11) is 0. The van der Waals surface area contributed by atoms with Crippen LogP contribution in [0.5, 0.6) is 5.75 Å². The van der Waals surface area contributed by atoms with Crippen LogP contribution in [0.2, 0.25) is 10.0 Å². The number of hydrogen-bond donors (Lipinski definition) is 2. The van der Waals surface area contributed by atoms with Crippen molar-refractivity contribution in [3.8, 4) is 5.75 Å². The quantitative estimate of drug-likeness (QED) is 0.842. The molecule has 0 bridgehead atoms. The lowest BCUT2D eigenvalue weighted by Gasteiger charge is -2.10. The van der Waals surface area contributed by atoms with Crippen molar-refractivity contribution in [2.24, 2.45) is 4.99 Å². The van der Waals surface area contributed by atoms with Gasteiger partial charge in [0.1, 0.15) is 12.4 Å². The van der Waals surface area contributed by atoms with Crippen LogP contribution in [0.3, 0.4) is 0 Å². The van der Waals surface area contributed by atoms with Gasteiger partial charge in [-0.3, -0.25) is 4.99 Å². The van der Waals surface area contributed by atoms with Crippen molar-refractivity contribution in [2.75, 3.05) is 25.4 Å². The molecule has 1 heterocycles. The molecule has 4 nitrogen and oxygen atoms in total. The molecule has 0 saturated heterocycles. The van der Waals surface area contributed by atoms with E-state index >= 15 is 0 Å². The average molecular weight is 297 g/mol. The van der Waals surface area contributed by atoms with E-state index < -0.39 is 0 Å². The molecule has 0 unspecified atom stereocenters. The standard InChI is InChI=1S/C10H11Cl2N3O.ClH/c11-7-3-6(13)4-8(12)10(7)16-5-9-14-1-2-15-9;/h3-4H,1-2,5,13H2,(H,14,15);1H. The molecule has 0 radical (unpaired) electrons. The molecule has 1 aromatic carbocycles. The molecule has 1 aliphatic rings. The molecular formula is C10H12Cl3N3O. The van der Waals surface area contributed by atoms with Crippen LogP contribution in [0.25, 0.3) is 0 Å². The molecule has 17 heavy (non-hydrogen) atoms. The first-order valence-electron chi connectivity index (χ1n) is 4.81. The van der Waals surface area contributed by atoms with E-state index in [2.05, 4.69) is 10.3 Å². The first-order chi connectivity index (χ1) is 7.66. The van der Waals surface area contributed by atoms with Crippen LogP contribution in [0.1, 0.15) is 0 Å². The van der Waals surface area contributed by atoms with Gasteiger partial charge in [-0.1, -0.05) is 23.2 Å². The van der Waals surface area contributed by atoms with E-state index in [1.165, 1.54) is 0 Å². The number of nitrogen functional groups attached to an aromatic ring is 1. The zero-order valence-corrected chi connectivity index (χ0v) is 11.2.